The SMILES string of the molecule is Cc1cc(Nc2ncn(-c3cc(F)cc(F)c3)n2)c(F)c(N2CCOCC2)c1. The van der Waals surface area contributed by atoms with Gasteiger partial charge >= 0.3 is 0 Å². The Morgan fingerprint density at radius 3 is 2.43 bits per heavy atom. The van der Waals surface area contributed by atoms with Gasteiger partial charge in [0.2, 0.25) is 5.95 Å². The van der Waals surface area contributed by atoms with Gasteiger partial charge in [-0.05, 0) is 36.8 Å². The number of hydrogen-bond acceptors (Lipinski definition) is 5. The molecule has 1 aliphatic rings. The molecule has 4 rings (SSSR count). The van der Waals surface area contributed by atoms with Crippen LogP contribution in [0.4, 0.5) is 30.5 Å². The molecule has 0 amide bonds. The largest absolute Gasteiger partial charge is 0.378 e. The number of aromatic nitrogens is 3. The quantitative estimate of drug-likeness (QED) is 0.739. The minimum Gasteiger partial charge on any atom is -0.378 e. The lowest BCUT2D eigenvalue weighted by atomic mass is 10.1. The zero-order valence-corrected chi connectivity index (χ0v) is 15.1. The molecule has 1 N–H and O–H groups in total. The maximum atomic E-state index is 15.1. The number of nitrogens with one attached hydrogen (secondary N) is 1. The number of halogens is 3. The number of aryl methyl sites for hydroxylation is 1. The number of rotatable bonds is 4. The van der Waals surface area contributed by atoms with Crippen molar-refractivity contribution in [3.8, 4) is 5.69 Å². The summed E-state index contributed by atoms with van der Waals surface area (Å²) in [5.74, 6) is -1.75. The molecule has 1 aromatic heterocycles. The summed E-state index contributed by atoms with van der Waals surface area (Å²) in [6.07, 6.45) is 1.30. The maximum Gasteiger partial charge on any atom is 0.247 e. The molecule has 0 saturated carbocycles. The highest BCUT2D eigenvalue weighted by atomic mass is 19.1. The second kappa shape index (κ2) is 7.51. The first kappa shape index (κ1) is 18.3. The van der Waals surface area contributed by atoms with E-state index in [4.69, 9.17) is 4.74 Å². The first-order chi connectivity index (χ1) is 13.5. The third-order valence-electron chi connectivity index (χ3n) is 4.40. The summed E-state index contributed by atoms with van der Waals surface area (Å²) in [6, 6.07) is 6.47. The van der Waals surface area contributed by atoms with Crippen LogP contribution in [0.2, 0.25) is 0 Å². The van der Waals surface area contributed by atoms with Gasteiger partial charge in [0.25, 0.3) is 0 Å². The first-order valence-electron chi connectivity index (χ1n) is 8.77. The number of ether oxygens (including phenoxy) is 1. The maximum absolute atomic E-state index is 15.1. The third kappa shape index (κ3) is 3.79. The molecule has 3 aromatic rings. The molecule has 0 atom stereocenters. The molecular weight excluding hydrogens is 371 g/mol. The Kier molecular flexibility index (Phi) is 4.91. The van der Waals surface area contributed by atoms with Gasteiger partial charge in [-0.25, -0.2) is 17.9 Å². The zero-order chi connectivity index (χ0) is 19.7. The Bertz CT molecular complexity index is 981. The summed E-state index contributed by atoms with van der Waals surface area (Å²) < 4.78 is 48.4. The second-order valence-electron chi connectivity index (χ2n) is 6.51. The van der Waals surface area contributed by atoms with Crippen LogP contribution in [-0.4, -0.2) is 41.1 Å². The van der Waals surface area contributed by atoms with E-state index in [0.717, 1.165) is 23.8 Å². The lowest BCUT2D eigenvalue weighted by Crippen LogP contribution is -2.36. The summed E-state index contributed by atoms with van der Waals surface area (Å²) in [7, 11) is 0. The van der Waals surface area contributed by atoms with Crippen molar-refractivity contribution in [2.75, 3.05) is 36.5 Å². The number of nitrogens with zero attached hydrogens (tertiary/aromatic N) is 4. The summed E-state index contributed by atoms with van der Waals surface area (Å²) in [4.78, 5) is 5.98. The van der Waals surface area contributed by atoms with Crippen LogP contribution < -0.4 is 10.2 Å². The molecule has 28 heavy (non-hydrogen) atoms. The summed E-state index contributed by atoms with van der Waals surface area (Å²) in [6.45, 7) is 4.18. The molecule has 0 bridgehead atoms. The fraction of sp³-hybridized carbons (Fsp3) is 0.263. The zero-order valence-electron chi connectivity index (χ0n) is 15.1. The van der Waals surface area contributed by atoms with Crippen molar-refractivity contribution in [2.24, 2.45) is 0 Å². The van der Waals surface area contributed by atoms with Gasteiger partial charge in [0.1, 0.15) is 18.0 Å². The van der Waals surface area contributed by atoms with Crippen LogP contribution in [0.1, 0.15) is 5.56 Å². The van der Waals surface area contributed by atoms with Crippen LogP contribution in [0.25, 0.3) is 5.69 Å². The predicted octanol–water partition coefficient (Wildman–Crippen LogP) is 3.57. The second-order valence-corrected chi connectivity index (χ2v) is 6.51. The van der Waals surface area contributed by atoms with E-state index >= 15 is 4.39 Å². The van der Waals surface area contributed by atoms with E-state index in [1.54, 1.807) is 12.1 Å². The Morgan fingerprint density at radius 2 is 1.71 bits per heavy atom. The third-order valence-corrected chi connectivity index (χ3v) is 4.40. The molecule has 146 valence electrons. The number of morpholine rings is 1. The van der Waals surface area contributed by atoms with E-state index < -0.39 is 17.5 Å². The van der Waals surface area contributed by atoms with E-state index in [1.807, 2.05) is 11.8 Å². The van der Waals surface area contributed by atoms with Gasteiger partial charge < -0.3 is 15.0 Å². The molecule has 2 aromatic carbocycles. The molecule has 1 aliphatic heterocycles. The predicted molar refractivity (Wildman–Crippen MR) is 98.7 cm³/mol. The van der Waals surface area contributed by atoms with Gasteiger partial charge in [0.05, 0.1) is 30.3 Å². The molecular formula is C19H18F3N5O. The highest BCUT2D eigenvalue weighted by Gasteiger charge is 2.19. The summed E-state index contributed by atoms with van der Waals surface area (Å²) in [5, 5.41) is 6.98. The molecule has 0 spiro atoms. The van der Waals surface area contributed by atoms with Crippen LogP contribution in [-0.2, 0) is 4.74 Å². The summed E-state index contributed by atoms with van der Waals surface area (Å²) in [5.41, 5.74) is 1.76. The van der Waals surface area contributed by atoms with Gasteiger partial charge in [-0.3, -0.25) is 0 Å². The van der Waals surface area contributed by atoms with E-state index in [1.165, 1.54) is 11.0 Å². The van der Waals surface area contributed by atoms with Crippen molar-refractivity contribution < 1.29 is 17.9 Å². The minimum atomic E-state index is -0.722. The Hall–Kier alpha value is -3.07. The van der Waals surface area contributed by atoms with Crippen molar-refractivity contribution in [1.82, 2.24) is 14.8 Å². The molecule has 9 heteroatoms. The smallest absolute Gasteiger partial charge is 0.247 e. The van der Waals surface area contributed by atoms with Gasteiger partial charge in [0.15, 0.2) is 5.82 Å². The van der Waals surface area contributed by atoms with E-state index in [0.29, 0.717) is 32.0 Å². The topological polar surface area (TPSA) is 55.2 Å². The van der Waals surface area contributed by atoms with Crippen molar-refractivity contribution in [1.29, 1.82) is 0 Å². The highest BCUT2D eigenvalue weighted by Crippen LogP contribution is 2.30. The Labute approximate surface area is 159 Å². The summed E-state index contributed by atoms with van der Waals surface area (Å²) >= 11 is 0. The van der Waals surface area contributed by atoms with Crippen LogP contribution in [0.3, 0.4) is 0 Å². The first-order valence-corrected chi connectivity index (χ1v) is 8.77. The Balaban J connectivity index is 1.61. The van der Waals surface area contributed by atoms with Crippen LogP contribution >= 0.6 is 0 Å². The monoisotopic (exact) mass is 389 g/mol. The van der Waals surface area contributed by atoms with Gasteiger partial charge in [-0.15, -0.1) is 5.10 Å². The number of hydrogen-bond donors (Lipinski definition) is 1. The molecule has 1 saturated heterocycles. The van der Waals surface area contributed by atoms with E-state index in [9.17, 15) is 8.78 Å². The van der Waals surface area contributed by atoms with Crippen molar-refractivity contribution in [2.45, 2.75) is 6.92 Å². The van der Waals surface area contributed by atoms with Crippen LogP contribution in [0.5, 0.6) is 0 Å². The van der Waals surface area contributed by atoms with Gasteiger partial charge in [-0.2, -0.15) is 4.98 Å². The van der Waals surface area contributed by atoms with Gasteiger partial charge in [0, 0.05) is 19.2 Å². The standard InChI is InChI=1S/C19H18F3N5O/c1-12-6-16(18(22)17(7-12)26-2-4-28-5-3-26)24-19-23-11-27(25-19)15-9-13(20)8-14(21)10-15/h6-11H,2-5H2,1H3,(H,24,25). The van der Waals surface area contributed by atoms with E-state index in [-0.39, 0.29) is 17.3 Å². The fourth-order valence-electron chi connectivity index (χ4n) is 3.11. The average molecular weight is 389 g/mol. The van der Waals surface area contributed by atoms with Crippen molar-refractivity contribution >= 4 is 17.3 Å². The molecule has 0 aliphatic carbocycles. The number of benzene rings is 2. The van der Waals surface area contributed by atoms with Crippen LogP contribution in [0.15, 0.2) is 36.7 Å². The average Bonchev–Trinajstić information content (AvgIpc) is 3.13. The molecule has 2 heterocycles. The molecule has 1 fully saturated rings. The molecule has 6 nitrogen and oxygen atoms in total. The van der Waals surface area contributed by atoms with Crippen molar-refractivity contribution in [3.05, 3.63) is 59.7 Å². The minimum absolute atomic E-state index is 0.113. The van der Waals surface area contributed by atoms with E-state index in [2.05, 4.69) is 15.4 Å². The molecule has 0 radical (unpaired) electrons. The lowest BCUT2D eigenvalue weighted by molar-refractivity contribution is 0.122. The Morgan fingerprint density at radius 1 is 1.00 bits per heavy atom. The van der Waals surface area contributed by atoms with Gasteiger partial charge in [-0.1, -0.05) is 0 Å². The van der Waals surface area contributed by atoms with Crippen molar-refractivity contribution in [3.63, 3.8) is 0 Å². The van der Waals surface area contributed by atoms with Crippen LogP contribution in [0, 0.1) is 24.4 Å². The number of anilines is 3. The lowest BCUT2D eigenvalue weighted by Gasteiger charge is -2.30. The normalized spacial score (nSPS) is 14.4. The fourth-order valence-corrected chi connectivity index (χ4v) is 3.11. The molecule has 0 unspecified atom stereocenters. The highest BCUT2D eigenvalue weighted by molar-refractivity contribution is 5.65.